The van der Waals surface area contributed by atoms with Crippen LogP contribution in [0.4, 0.5) is 13.2 Å². The number of rotatable bonds is 3. The maximum absolute atomic E-state index is 12.6. The third-order valence-corrected chi connectivity index (χ3v) is 3.10. The van der Waals surface area contributed by atoms with Crippen molar-refractivity contribution >= 4 is 0 Å². The van der Waals surface area contributed by atoms with Crippen LogP contribution in [-0.4, -0.2) is 18.8 Å². The zero-order valence-electron chi connectivity index (χ0n) is 8.04. The van der Waals surface area contributed by atoms with Crippen molar-refractivity contribution < 1.29 is 13.2 Å². The number of halogens is 3. The van der Waals surface area contributed by atoms with Crippen LogP contribution in [0, 0.1) is 5.92 Å². The Labute approximate surface area is 76.7 Å². The summed E-state index contributed by atoms with van der Waals surface area (Å²) < 4.78 is 37.7. The third-order valence-electron chi connectivity index (χ3n) is 3.10. The molecule has 78 valence electrons. The summed E-state index contributed by atoms with van der Waals surface area (Å²) in [5.74, 6) is 0.263. The average molecular weight is 195 g/mol. The first kappa shape index (κ1) is 10.8. The Balaban J connectivity index is 2.57. The van der Waals surface area contributed by atoms with Gasteiger partial charge < -0.3 is 5.32 Å². The van der Waals surface area contributed by atoms with Gasteiger partial charge in [0.15, 0.2) is 0 Å². The average Bonchev–Trinajstić information content (AvgIpc) is 1.94. The lowest BCUT2D eigenvalue weighted by atomic mass is 9.76. The van der Waals surface area contributed by atoms with Crippen molar-refractivity contribution in [2.45, 2.75) is 44.3 Å². The second-order valence-corrected chi connectivity index (χ2v) is 4.08. The SMILES string of the molecule is CNC(C)(CC1CCC1)C(F)(F)F. The second kappa shape index (κ2) is 3.48. The minimum absolute atomic E-state index is 0.215. The molecule has 0 aromatic rings. The van der Waals surface area contributed by atoms with E-state index in [0.29, 0.717) is 0 Å². The molecule has 0 aromatic carbocycles. The molecular formula is C9H16F3N. The molecule has 1 fully saturated rings. The first-order valence-corrected chi connectivity index (χ1v) is 4.65. The van der Waals surface area contributed by atoms with E-state index in [-0.39, 0.29) is 12.3 Å². The Morgan fingerprint density at radius 3 is 2.08 bits per heavy atom. The Kier molecular flexibility index (Phi) is 2.90. The van der Waals surface area contributed by atoms with Gasteiger partial charge in [-0.2, -0.15) is 13.2 Å². The largest absolute Gasteiger partial charge is 0.406 e. The van der Waals surface area contributed by atoms with Gasteiger partial charge in [0, 0.05) is 0 Å². The molecule has 1 rings (SSSR count). The number of alkyl halides is 3. The topological polar surface area (TPSA) is 12.0 Å². The van der Waals surface area contributed by atoms with Crippen molar-refractivity contribution in [3.63, 3.8) is 0 Å². The molecule has 1 N–H and O–H groups in total. The lowest BCUT2D eigenvalue weighted by molar-refractivity contribution is -0.196. The van der Waals surface area contributed by atoms with Crippen LogP contribution >= 0.6 is 0 Å². The van der Waals surface area contributed by atoms with Crippen LogP contribution in [0.15, 0.2) is 0 Å². The lowest BCUT2D eigenvalue weighted by Crippen LogP contribution is -2.54. The van der Waals surface area contributed by atoms with Gasteiger partial charge in [0.25, 0.3) is 0 Å². The molecule has 13 heavy (non-hydrogen) atoms. The second-order valence-electron chi connectivity index (χ2n) is 4.08. The first-order chi connectivity index (χ1) is 5.89. The first-order valence-electron chi connectivity index (χ1n) is 4.65. The van der Waals surface area contributed by atoms with Gasteiger partial charge in [-0.15, -0.1) is 0 Å². The van der Waals surface area contributed by atoms with E-state index in [1.807, 2.05) is 0 Å². The maximum Gasteiger partial charge on any atom is 0.406 e. The van der Waals surface area contributed by atoms with Crippen LogP contribution < -0.4 is 5.32 Å². The van der Waals surface area contributed by atoms with Crippen LogP contribution in [0.2, 0.25) is 0 Å². The van der Waals surface area contributed by atoms with Crippen molar-refractivity contribution in [1.82, 2.24) is 5.32 Å². The van der Waals surface area contributed by atoms with Gasteiger partial charge in [0.2, 0.25) is 0 Å². The quantitative estimate of drug-likeness (QED) is 0.730. The minimum Gasteiger partial charge on any atom is -0.307 e. The van der Waals surface area contributed by atoms with Crippen molar-refractivity contribution in [2.75, 3.05) is 7.05 Å². The normalized spacial score (nSPS) is 23.8. The van der Waals surface area contributed by atoms with Gasteiger partial charge in [0.05, 0.1) is 0 Å². The summed E-state index contributed by atoms with van der Waals surface area (Å²) in [7, 11) is 1.38. The van der Waals surface area contributed by atoms with Gasteiger partial charge >= 0.3 is 6.18 Å². The van der Waals surface area contributed by atoms with E-state index in [1.54, 1.807) is 0 Å². The smallest absolute Gasteiger partial charge is 0.307 e. The highest BCUT2D eigenvalue weighted by Crippen LogP contribution is 2.40. The fourth-order valence-electron chi connectivity index (χ4n) is 1.63. The van der Waals surface area contributed by atoms with E-state index in [9.17, 15) is 13.2 Å². The highest BCUT2D eigenvalue weighted by molar-refractivity contribution is 4.93. The fraction of sp³-hybridized carbons (Fsp3) is 1.00. The summed E-state index contributed by atoms with van der Waals surface area (Å²) in [5, 5.41) is 2.39. The molecule has 0 heterocycles. The molecule has 1 saturated carbocycles. The molecule has 0 spiro atoms. The standard InChI is InChI=1S/C9H16F3N/c1-8(13-2,9(10,11)12)6-7-4-3-5-7/h7,13H,3-6H2,1-2H3. The maximum atomic E-state index is 12.6. The van der Waals surface area contributed by atoms with E-state index in [2.05, 4.69) is 5.32 Å². The van der Waals surface area contributed by atoms with E-state index < -0.39 is 11.7 Å². The van der Waals surface area contributed by atoms with Crippen molar-refractivity contribution in [1.29, 1.82) is 0 Å². The fourth-order valence-corrected chi connectivity index (χ4v) is 1.63. The van der Waals surface area contributed by atoms with E-state index >= 15 is 0 Å². The van der Waals surface area contributed by atoms with E-state index in [4.69, 9.17) is 0 Å². The van der Waals surface area contributed by atoms with Crippen molar-refractivity contribution in [3.05, 3.63) is 0 Å². The summed E-state index contributed by atoms with van der Waals surface area (Å²) in [6.45, 7) is 1.24. The zero-order valence-corrected chi connectivity index (χ0v) is 8.04. The molecule has 1 nitrogen and oxygen atoms in total. The summed E-state index contributed by atoms with van der Waals surface area (Å²) in [4.78, 5) is 0. The molecule has 1 aliphatic carbocycles. The highest BCUT2D eigenvalue weighted by Gasteiger charge is 2.51. The summed E-state index contributed by atoms with van der Waals surface area (Å²) >= 11 is 0. The molecule has 0 radical (unpaired) electrons. The molecule has 0 aromatic heterocycles. The van der Waals surface area contributed by atoms with Crippen LogP contribution in [-0.2, 0) is 0 Å². The van der Waals surface area contributed by atoms with Crippen molar-refractivity contribution in [2.24, 2.45) is 5.92 Å². The van der Waals surface area contributed by atoms with Crippen LogP contribution in [0.3, 0.4) is 0 Å². The monoisotopic (exact) mass is 195 g/mol. The molecule has 1 atom stereocenters. The molecule has 0 amide bonds. The predicted octanol–water partition coefficient (Wildman–Crippen LogP) is 2.72. The van der Waals surface area contributed by atoms with Gasteiger partial charge in [-0.3, -0.25) is 0 Å². The number of hydrogen-bond acceptors (Lipinski definition) is 1. The molecule has 0 bridgehead atoms. The summed E-state index contributed by atoms with van der Waals surface area (Å²) in [5.41, 5.74) is -1.70. The van der Waals surface area contributed by atoms with Crippen molar-refractivity contribution in [3.8, 4) is 0 Å². The molecule has 0 saturated heterocycles. The lowest BCUT2D eigenvalue weighted by Gasteiger charge is -2.38. The van der Waals surface area contributed by atoms with Crippen LogP contribution in [0.25, 0.3) is 0 Å². The molecule has 4 heteroatoms. The van der Waals surface area contributed by atoms with Gasteiger partial charge in [-0.25, -0.2) is 0 Å². The molecule has 0 aliphatic heterocycles. The molecule has 1 aliphatic rings. The van der Waals surface area contributed by atoms with Gasteiger partial charge in [0.1, 0.15) is 5.54 Å². The summed E-state index contributed by atoms with van der Waals surface area (Å²) in [6.07, 6.45) is -0.937. The molecular weight excluding hydrogens is 179 g/mol. The Bertz CT molecular complexity index is 174. The van der Waals surface area contributed by atoms with E-state index in [0.717, 1.165) is 19.3 Å². The van der Waals surface area contributed by atoms with E-state index in [1.165, 1.54) is 14.0 Å². The van der Waals surface area contributed by atoms with Gasteiger partial charge in [-0.05, 0) is 26.3 Å². The van der Waals surface area contributed by atoms with Crippen LogP contribution in [0.1, 0.15) is 32.6 Å². The predicted molar refractivity (Wildman–Crippen MR) is 45.5 cm³/mol. The number of nitrogens with one attached hydrogen (secondary N) is 1. The zero-order chi connectivity index (χ0) is 10.1. The Morgan fingerprint density at radius 2 is 1.85 bits per heavy atom. The Hall–Kier alpha value is -0.250. The van der Waals surface area contributed by atoms with Crippen LogP contribution in [0.5, 0.6) is 0 Å². The molecule has 1 unspecified atom stereocenters. The third kappa shape index (κ3) is 2.16. The highest BCUT2D eigenvalue weighted by atomic mass is 19.4. The summed E-state index contributed by atoms with van der Waals surface area (Å²) in [6, 6.07) is 0. The number of hydrogen-bond donors (Lipinski definition) is 1. The Morgan fingerprint density at radius 1 is 1.31 bits per heavy atom. The minimum atomic E-state index is -4.14. The van der Waals surface area contributed by atoms with Gasteiger partial charge in [-0.1, -0.05) is 19.3 Å².